The molecule has 3 nitrogen and oxygen atoms in total. The van der Waals surface area contributed by atoms with Crippen LogP contribution in [0.5, 0.6) is 0 Å². The third-order valence-corrected chi connectivity index (χ3v) is 4.31. The summed E-state index contributed by atoms with van der Waals surface area (Å²) in [6, 6.07) is 15.1. The van der Waals surface area contributed by atoms with E-state index in [0.717, 1.165) is 10.5 Å². The van der Waals surface area contributed by atoms with Crippen molar-refractivity contribution in [2.24, 2.45) is 0 Å². The van der Waals surface area contributed by atoms with Crippen molar-refractivity contribution in [1.82, 2.24) is 4.90 Å². The number of benzene rings is 2. The van der Waals surface area contributed by atoms with E-state index in [1.165, 1.54) is 11.8 Å². The summed E-state index contributed by atoms with van der Waals surface area (Å²) in [5, 5.41) is 0.680. The third kappa shape index (κ3) is 4.69. The fraction of sp³-hybridized carbons (Fsp3) is 0.188. The molecule has 0 unspecified atom stereocenters. The predicted octanol–water partition coefficient (Wildman–Crippen LogP) is 3.67. The van der Waals surface area contributed by atoms with Crippen LogP contribution < -0.4 is 5.73 Å². The van der Waals surface area contributed by atoms with Gasteiger partial charge < -0.3 is 10.6 Å². The summed E-state index contributed by atoms with van der Waals surface area (Å²) < 4.78 is 0. The number of nitrogen functional groups attached to an aromatic ring is 1. The van der Waals surface area contributed by atoms with Gasteiger partial charge in [-0.15, -0.1) is 11.8 Å². The highest BCUT2D eigenvalue weighted by Crippen LogP contribution is 2.24. The van der Waals surface area contributed by atoms with Gasteiger partial charge in [-0.25, -0.2) is 0 Å². The molecule has 2 aromatic rings. The second-order valence-electron chi connectivity index (χ2n) is 4.71. The first-order chi connectivity index (χ1) is 10.1. The summed E-state index contributed by atoms with van der Waals surface area (Å²) in [4.78, 5) is 14.8. The molecule has 0 aromatic heterocycles. The van der Waals surface area contributed by atoms with E-state index in [9.17, 15) is 4.79 Å². The van der Waals surface area contributed by atoms with Gasteiger partial charge in [0.25, 0.3) is 0 Å². The fourth-order valence-electron chi connectivity index (χ4n) is 1.86. The van der Waals surface area contributed by atoms with Crippen LogP contribution in [-0.2, 0) is 11.3 Å². The molecule has 2 rings (SSSR count). The zero-order valence-corrected chi connectivity index (χ0v) is 13.3. The minimum atomic E-state index is 0.0585. The monoisotopic (exact) mass is 320 g/mol. The number of rotatable bonds is 5. The lowest BCUT2D eigenvalue weighted by Crippen LogP contribution is -2.27. The second kappa shape index (κ2) is 7.38. The molecule has 2 aromatic carbocycles. The number of para-hydroxylation sites is 1. The van der Waals surface area contributed by atoms with Gasteiger partial charge in [0, 0.05) is 29.2 Å². The summed E-state index contributed by atoms with van der Waals surface area (Å²) in [6.07, 6.45) is 0. The van der Waals surface area contributed by atoms with Crippen LogP contribution in [0.25, 0.3) is 0 Å². The van der Waals surface area contributed by atoms with Gasteiger partial charge in [0.1, 0.15) is 0 Å². The van der Waals surface area contributed by atoms with Gasteiger partial charge in [0.2, 0.25) is 5.91 Å². The Kier molecular flexibility index (Phi) is 5.53. The normalized spacial score (nSPS) is 10.4. The van der Waals surface area contributed by atoms with E-state index >= 15 is 0 Å². The first kappa shape index (κ1) is 15.7. The molecule has 110 valence electrons. The standard InChI is InChI=1S/C16H17ClN2OS/c1-19(10-12-5-4-6-13(17)9-12)16(20)11-21-15-8-3-2-7-14(15)18/h2-9H,10-11,18H2,1H3. The maximum atomic E-state index is 12.1. The van der Waals surface area contributed by atoms with E-state index in [0.29, 0.717) is 23.0 Å². The zero-order chi connectivity index (χ0) is 15.2. The molecule has 0 spiro atoms. The Morgan fingerprint density at radius 2 is 2.00 bits per heavy atom. The fourth-order valence-corrected chi connectivity index (χ4v) is 2.98. The number of halogens is 1. The highest BCUT2D eigenvalue weighted by atomic mass is 35.5. The first-order valence-corrected chi connectivity index (χ1v) is 7.88. The van der Waals surface area contributed by atoms with Crippen molar-refractivity contribution in [3.05, 3.63) is 59.1 Å². The molecule has 1 amide bonds. The number of anilines is 1. The molecular formula is C16H17ClN2OS. The van der Waals surface area contributed by atoms with E-state index in [2.05, 4.69) is 0 Å². The molecule has 2 N–H and O–H groups in total. The number of hydrogen-bond acceptors (Lipinski definition) is 3. The van der Waals surface area contributed by atoms with Gasteiger partial charge >= 0.3 is 0 Å². The van der Waals surface area contributed by atoms with Crippen molar-refractivity contribution in [2.75, 3.05) is 18.5 Å². The van der Waals surface area contributed by atoms with E-state index in [1.807, 2.05) is 48.5 Å². The van der Waals surface area contributed by atoms with Gasteiger partial charge in [0.15, 0.2) is 0 Å². The lowest BCUT2D eigenvalue weighted by Gasteiger charge is -2.17. The van der Waals surface area contributed by atoms with Gasteiger partial charge in [0.05, 0.1) is 5.75 Å². The minimum Gasteiger partial charge on any atom is -0.398 e. The molecular weight excluding hydrogens is 304 g/mol. The molecule has 0 saturated heterocycles. The van der Waals surface area contributed by atoms with E-state index in [-0.39, 0.29) is 5.91 Å². The topological polar surface area (TPSA) is 46.3 Å². The molecule has 0 atom stereocenters. The summed E-state index contributed by atoms with van der Waals surface area (Å²) in [7, 11) is 1.79. The minimum absolute atomic E-state index is 0.0585. The largest absolute Gasteiger partial charge is 0.398 e. The number of hydrogen-bond donors (Lipinski definition) is 1. The number of nitrogens with zero attached hydrogens (tertiary/aromatic N) is 1. The van der Waals surface area contributed by atoms with Gasteiger partial charge in [-0.05, 0) is 29.8 Å². The van der Waals surface area contributed by atoms with Crippen LogP contribution in [0.4, 0.5) is 5.69 Å². The Morgan fingerprint density at radius 1 is 1.24 bits per heavy atom. The third-order valence-electron chi connectivity index (χ3n) is 3.00. The summed E-state index contributed by atoms with van der Waals surface area (Å²) >= 11 is 7.40. The number of nitrogens with two attached hydrogens (primary N) is 1. The number of carbonyl (C=O) groups is 1. The highest BCUT2D eigenvalue weighted by molar-refractivity contribution is 8.00. The van der Waals surface area contributed by atoms with Crippen molar-refractivity contribution in [1.29, 1.82) is 0 Å². The Balaban J connectivity index is 1.90. The molecule has 5 heteroatoms. The Hall–Kier alpha value is -1.65. The Labute approximate surface area is 134 Å². The lowest BCUT2D eigenvalue weighted by molar-refractivity contribution is -0.127. The average Bonchev–Trinajstić information content (AvgIpc) is 2.46. The summed E-state index contributed by atoms with van der Waals surface area (Å²) in [6.45, 7) is 0.546. The van der Waals surface area contributed by atoms with Gasteiger partial charge in [-0.1, -0.05) is 35.9 Å². The predicted molar refractivity (Wildman–Crippen MR) is 89.5 cm³/mol. The molecule has 21 heavy (non-hydrogen) atoms. The zero-order valence-electron chi connectivity index (χ0n) is 11.8. The smallest absolute Gasteiger partial charge is 0.232 e. The molecule has 0 fully saturated rings. The number of carbonyl (C=O) groups excluding carboxylic acids is 1. The number of amides is 1. The van der Waals surface area contributed by atoms with Crippen molar-refractivity contribution in [2.45, 2.75) is 11.4 Å². The molecule has 0 aliphatic heterocycles. The van der Waals surface area contributed by atoms with Crippen LogP contribution in [-0.4, -0.2) is 23.6 Å². The molecule has 0 radical (unpaired) electrons. The van der Waals surface area contributed by atoms with Crippen molar-refractivity contribution in [3.63, 3.8) is 0 Å². The van der Waals surface area contributed by atoms with Crippen molar-refractivity contribution < 1.29 is 4.79 Å². The summed E-state index contributed by atoms with van der Waals surface area (Å²) in [5.41, 5.74) is 7.58. The Bertz CT molecular complexity index is 633. The molecule has 0 saturated carbocycles. The quantitative estimate of drug-likeness (QED) is 0.675. The van der Waals surface area contributed by atoms with E-state index in [4.69, 9.17) is 17.3 Å². The Morgan fingerprint density at radius 3 is 2.71 bits per heavy atom. The number of thioether (sulfide) groups is 1. The van der Waals surface area contributed by atoms with E-state index < -0.39 is 0 Å². The molecule has 0 bridgehead atoms. The van der Waals surface area contributed by atoms with E-state index in [1.54, 1.807) is 11.9 Å². The first-order valence-electron chi connectivity index (χ1n) is 6.52. The van der Waals surface area contributed by atoms with Crippen LogP contribution in [0, 0.1) is 0 Å². The van der Waals surface area contributed by atoms with Crippen LogP contribution in [0.15, 0.2) is 53.4 Å². The van der Waals surface area contributed by atoms with Gasteiger partial charge in [-0.3, -0.25) is 4.79 Å². The van der Waals surface area contributed by atoms with Crippen molar-refractivity contribution in [3.8, 4) is 0 Å². The van der Waals surface area contributed by atoms with Crippen molar-refractivity contribution >= 4 is 35.0 Å². The van der Waals surface area contributed by atoms with Crippen LogP contribution >= 0.6 is 23.4 Å². The molecule has 0 aliphatic carbocycles. The van der Waals surface area contributed by atoms with Crippen LogP contribution in [0.3, 0.4) is 0 Å². The maximum absolute atomic E-state index is 12.1. The SMILES string of the molecule is CN(Cc1cccc(Cl)c1)C(=O)CSc1ccccc1N. The highest BCUT2D eigenvalue weighted by Gasteiger charge is 2.11. The maximum Gasteiger partial charge on any atom is 0.232 e. The lowest BCUT2D eigenvalue weighted by atomic mass is 10.2. The second-order valence-corrected chi connectivity index (χ2v) is 6.16. The molecule has 0 heterocycles. The average molecular weight is 321 g/mol. The van der Waals surface area contributed by atoms with Gasteiger partial charge in [-0.2, -0.15) is 0 Å². The summed E-state index contributed by atoms with van der Waals surface area (Å²) in [5.74, 6) is 0.425. The van der Waals surface area contributed by atoms with Crippen LogP contribution in [0.2, 0.25) is 5.02 Å². The van der Waals surface area contributed by atoms with Crippen LogP contribution in [0.1, 0.15) is 5.56 Å². The molecule has 0 aliphatic rings.